The second-order valence-electron chi connectivity index (χ2n) is 7.09. The Labute approximate surface area is 144 Å². The number of carbonyl (C=O) groups is 1. The van der Waals surface area contributed by atoms with E-state index in [0.717, 1.165) is 30.5 Å². The molecule has 3 rings (SSSR count). The van der Waals surface area contributed by atoms with Crippen molar-refractivity contribution in [3.05, 3.63) is 27.2 Å². The maximum atomic E-state index is 12.4. The van der Waals surface area contributed by atoms with E-state index in [4.69, 9.17) is 0 Å². The smallest absolute Gasteiger partial charge is 0.332 e. The lowest BCUT2D eigenvalue weighted by molar-refractivity contribution is -0.122. The fraction of sp³-hybridized carbons (Fsp3) is 0.625. The Bertz CT molecular complexity index is 916. The van der Waals surface area contributed by atoms with Crippen LogP contribution in [0.25, 0.3) is 11.2 Å². The molecule has 2 aromatic heterocycles. The SMILES string of the molecule is Cn1c(=O)c2c(ncn2CC(=O)NCC2(C)CCNCC2)n(C)c1=O. The van der Waals surface area contributed by atoms with Crippen molar-refractivity contribution >= 4 is 17.1 Å². The number of hydrogen-bond donors (Lipinski definition) is 2. The molecule has 0 bridgehead atoms. The van der Waals surface area contributed by atoms with E-state index in [1.807, 2.05) is 0 Å². The summed E-state index contributed by atoms with van der Waals surface area (Å²) in [7, 11) is 2.97. The van der Waals surface area contributed by atoms with Gasteiger partial charge in [-0.15, -0.1) is 0 Å². The average molecular weight is 348 g/mol. The van der Waals surface area contributed by atoms with E-state index in [2.05, 4.69) is 22.5 Å². The summed E-state index contributed by atoms with van der Waals surface area (Å²) < 4.78 is 3.83. The zero-order valence-corrected chi connectivity index (χ0v) is 14.8. The van der Waals surface area contributed by atoms with Crippen LogP contribution in [0, 0.1) is 5.41 Å². The van der Waals surface area contributed by atoms with Crippen LogP contribution >= 0.6 is 0 Å². The Balaban J connectivity index is 1.78. The molecule has 0 unspecified atom stereocenters. The monoisotopic (exact) mass is 348 g/mol. The van der Waals surface area contributed by atoms with Gasteiger partial charge in [-0.2, -0.15) is 0 Å². The zero-order valence-electron chi connectivity index (χ0n) is 14.8. The normalized spacial score (nSPS) is 16.9. The summed E-state index contributed by atoms with van der Waals surface area (Å²) in [4.78, 5) is 40.8. The number of aromatic nitrogens is 4. The lowest BCUT2D eigenvalue weighted by Crippen LogP contribution is -2.43. The Morgan fingerprint density at radius 2 is 1.96 bits per heavy atom. The quantitative estimate of drug-likeness (QED) is 0.733. The highest BCUT2D eigenvalue weighted by molar-refractivity contribution is 5.78. The summed E-state index contributed by atoms with van der Waals surface area (Å²) in [5.41, 5.74) is -0.253. The van der Waals surface area contributed by atoms with Gasteiger partial charge in [0.05, 0.1) is 6.33 Å². The van der Waals surface area contributed by atoms with Crippen LogP contribution in [0.2, 0.25) is 0 Å². The van der Waals surface area contributed by atoms with E-state index >= 15 is 0 Å². The predicted molar refractivity (Wildman–Crippen MR) is 93.4 cm³/mol. The van der Waals surface area contributed by atoms with Gasteiger partial charge in [-0.3, -0.25) is 18.7 Å². The fourth-order valence-electron chi connectivity index (χ4n) is 3.25. The molecule has 3 heterocycles. The number of rotatable bonds is 4. The minimum absolute atomic E-state index is 0.00171. The third-order valence-electron chi connectivity index (χ3n) is 5.05. The highest BCUT2D eigenvalue weighted by Gasteiger charge is 2.27. The van der Waals surface area contributed by atoms with Crippen LogP contribution in [0.5, 0.6) is 0 Å². The average Bonchev–Trinajstić information content (AvgIpc) is 3.01. The Morgan fingerprint density at radius 1 is 1.28 bits per heavy atom. The number of piperidine rings is 1. The molecule has 0 spiro atoms. The van der Waals surface area contributed by atoms with Crippen molar-refractivity contribution in [1.29, 1.82) is 0 Å². The number of hydrogen-bond acceptors (Lipinski definition) is 5. The molecule has 9 nitrogen and oxygen atoms in total. The summed E-state index contributed by atoms with van der Waals surface area (Å²) in [5.74, 6) is -0.171. The summed E-state index contributed by atoms with van der Waals surface area (Å²) >= 11 is 0. The zero-order chi connectivity index (χ0) is 18.2. The van der Waals surface area contributed by atoms with E-state index in [1.165, 1.54) is 22.5 Å². The highest BCUT2D eigenvalue weighted by atomic mass is 16.2. The molecule has 2 N–H and O–H groups in total. The van der Waals surface area contributed by atoms with Gasteiger partial charge >= 0.3 is 5.69 Å². The van der Waals surface area contributed by atoms with Gasteiger partial charge in [0.2, 0.25) is 5.91 Å². The van der Waals surface area contributed by atoms with Crippen LogP contribution in [0.3, 0.4) is 0 Å². The molecule has 1 fully saturated rings. The third-order valence-corrected chi connectivity index (χ3v) is 5.05. The first-order valence-corrected chi connectivity index (χ1v) is 8.41. The molecule has 1 aliphatic rings. The molecule has 0 saturated carbocycles. The van der Waals surface area contributed by atoms with E-state index in [1.54, 1.807) is 7.05 Å². The second-order valence-corrected chi connectivity index (χ2v) is 7.09. The van der Waals surface area contributed by atoms with Crippen molar-refractivity contribution in [2.75, 3.05) is 19.6 Å². The topological polar surface area (TPSA) is 103 Å². The standard InChI is InChI=1S/C16H24N6O3/c1-16(4-6-17-7-5-16)9-18-11(23)8-22-10-19-13-12(22)14(24)21(3)15(25)20(13)2/h10,17H,4-9H2,1-3H3,(H,18,23). The Kier molecular flexibility index (Phi) is 4.51. The predicted octanol–water partition coefficient (Wildman–Crippen LogP) is -1.06. The van der Waals surface area contributed by atoms with E-state index in [-0.39, 0.29) is 29.0 Å². The van der Waals surface area contributed by atoms with Crippen LogP contribution in [-0.4, -0.2) is 44.2 Å². The molecule has 0 aliphatic carbocycles. The number of fused-ring (bicyclic) bond motifs is 1. The van der Waals surface area contributed by atoms with Crippen molar-refractivity contribution in [3.8, 4) is 0 Å². The number of nitrogens with zero attached hydrogens (tertiary/aromatic N) is 4. The molecular formula is C16H24N6O3. The molecule has 0 aromatic carbocycles. The van der Waals surface area contributed by atoms with Crippen LogP contribution in [0.15, 0.2) is 15.9 Å². The molecule has 0 atom stereocenters. The number of amides is 1. The van der Waals surface area contributed by atoms with Gasteiger partial charge in [0.15, 0.2) is 11.2 Å². The first-order valence-electron chi connectivity index (χ1n) is 8.41. The van der Waals surface area contributed by atoms with E-state index in [9.17, 15) is 14.4 Å². The van der Waals surface area contributed by atoms with E-state index in [0.29, 0.717) is 6.54 Å². The van der Waals surface area contributed by atoms with Crippen molar-refractivity contribution in [3.63, 3.8) is 0 Å². The number of nitrogens with one attached hydrogen (secondary N) is 2. The van der Waals surface area contributed by atoms with Crippen molar-refractivity contribution in [2.45, 2.75) is 26.3 Å². The maximum absolute atomic E-state index is 12.4. The van der Waals surface area contributed by atoms with Crippen LogP contribution in [0.4, 0.5) is 0 Å². The first kappa shape index (κ1) is 17.4. The number of imidazole rings is 1. The van der Waals surface area contributed by atoms with Crippen LogP contribution < -0.4 is 21.9 Å². The number of aryl methyl sites for hydroxylation is 1. The molecule has 9 heteroatoms. The van der Waals surface area contributed by atoms with Gasteiger partial charge in [-0.05, 0) is 31.3 Å². The van der Waals surface area contributed by atoms with Gasteiger partial charge in [0, 0.05) is 20.6 Å². The Morgan fingerprint density at radius 3 is 2.64 bits per heavy atom. The van der Waals surface area contributed by atoms with Crippen molar-refractivity contribution in [1.82, 2.24) is 29.3 Å². The molecule has 1 amide bonds. The second kappa shape index (κ2) is 6.47. The summed E-state index contributed by atoms with van der Waals surface area (Å²) in [6, 6.07) is 0. The van der Waals surface area contributed by atoms with Gasteiger partial charge in [0.25, 0.3) is 5.56 Å². The number of carbonyl (C=O) groups excluding carboxylic acids is 1. The van der Waals surface area contributed by atoms with Crippen molar-refractivity contribution in [2.24, 2.45) is 19.5 Å². The molecule has 25 heavy (non-hydrogen) atoms. The van der Waals surface area contributed by atoms with Crippen molar-refractivity contribution < 1.29 is 4.79 Å². The van der Waals surface area contributed by atoms with Crippen LogP contribution in [-0.2, 0) is 25.4 Å². The minimum atomic E-state index is -0.450. The third kappa shape index (κ3) is 3.23. The minimum Gasteiger partial charge on any atom is -0.354 e. The highest BCUT2D eigenvalue weighted by Crippen LogP contribution is 2.26. The molecule has 1 saturated heterocycles. The molecular weight excluding hydrogens is 324 g/mol. The molecule has 0 radical (unpaired) electrons. The molecule has 2 aromatic rings. The lowest BCUT2D eigenvalue weighted by atomic mass is 9.81. The van der Waals surface area contributed by atoms with Gasteiger partial charge in [-0.25, -0.2) is 9.78 Å². The van der Waals surface area contributed by atoms with Crippen LogP contribution in [0.1, 0.15) is 19.8 Å². The van der Waals surface area contributed by atoms with Gasteiger partial charge in [-0.1, -0.05) is 6.92 Å². The lowest BCUT2D eigenvalue weighted by Gasteiger charge is -2.34. The molecule has 136 valence electrons. The summed E-state index contributed by atoms with van der Waals surface area (Å²) in [5, 5.41) is 6.28. The first-order chi connectivity index (χ1) is 11.8. The Hall–Kier alpha value is -2.42. The summed E-state index contributed by atoms with van der Waals surface area (Å²) in [6.07, 6.45) is 3.46. The summed E-state index contributed by atoms with van der Waals surface area (Å²) in [6.45, 7) is 4.70. The van der Waals surface area contributed by atoms with Gasteiger partial charge in [0.1, 0.15) is 6.54 Å². The fourth-order valence-corrected chi connectivity index (χ4v) is 3.25. The van der Waals surface area contributed by atoms with E-state index < -0.39 is 11.2 Å². The maximum Gasteiger partial charge on any atom is 0.332 e. The van der Waals surface area contributed by atoms with Gasteiger partial charge < -0.3 is 15.2 Å². The molecule has 1 aliphatic heterocycles. The largest absolute Gasteiger partial charge is 0.354 e.